The molecule has 1 unspecified atom stereocenters. The van der Waals surface area contributed by atoms with Gasteiger partial charge in [0, 0.05) is 18.6 Å². The van der Waals surface area contributed by atoms with Gasteiger partial charge in [0.25, 0.3) is 0 Å². The summed E-state index contributed by atoms with van der Waals surface area (Å²) in [6.07, 6.45) is 6.63. The lowest BCUT2D eigenvalue weighted by molar-refractivity contribution is 0.0162. The standard InChI is InChI=1S/C15H30N2/c1-13(2)7-8-15(10-13,11-16)17-9-5-6-14(3,4)12-17/h5-12,16H2,1-4H3. The van der Waals surface area contributed by atoms with Gasteiger partial charge in [0.1, 0.15) is 0 Å². The van der Waals surface area contributed by atoms with Gasteiger partial charge in [-0.15, -0.1) is 0 Å². The SMILES string of the molecule is CC1(C)CCCN(C2(CN)CCC(C)(C)C2)C1. The fourth-order valence-electron chi connectivity index (χ4n) is 4.04. The molecular weight excluding hydrogens is 208 g/mol. The second-order valence-corrected chi connectivity index (χ2v) is 7.96. The van der Waals surface area contributed by atoms with Crippen LogP contribution in [0.5, 0.6) is 0 Å². The predicted octanol–water partition coefficient (Wildman–Crippen LogP) is 3.02. The van der Waals surface area contributed by atoms with E-state index in [1.165, 1.54) is 45.2 Å². The van der Waals surface area contributed by atoms with Crippen LogP contribution in [0, 0.1) is 10.8 Å². The minimum atomic E-state index is 0.307. The van der Waals surface area contributed by atoms with E-state index in [9.17, 15) is 0 Å². The number of likely N-dealkylation sites (tertiary alicyclic amines) is 1. The van der Waals surface area contributed by atoms with Gasteiger partial charge >= 0.3 is 0 Å². The van der Waals surface area contributed by atoms with Crippen LogP contribution in [0.3, 0.4) is 0 Å². The van der Waals surface area contributed by atoms with E-state index in [1.54, 1.807) is 0 Å². The van der Waals surface area contributed by atoms with Gasteiger partial charge in [-0.05, 0) is 49.5 Å². The molecule has 0 amide bonds. The lowest BCUT2D eigenvalue weighted by Gasteiger charge is -2.48. The van der Waals surface area contributed by atoms with E-state index >= 15 is 0 Å². The zero-order valence-corrected chi connectivity index (χ0v) is 12.2. The average Bonchev–Trinajstić information content (AvgIpc) is 2.54. The van der Waals surface area contributed by atoms with Gasteiger partial charge in [0.15, 0.2) is 0 Å². The smallest absolute Gasteiger partial charge is 0.0337 e. The van der Waals surface area contributed by atoms with Crippen molar-refractivity contribution in [2.24, 2.45) is 16.6 Å². The quantitative estimate of drug-likeness (QED) is 0.801. The molecule has 100 valence electrons. The molecular formula is C15H30N2. The summed E-state index contributed by atoms with van der Waals surface area (Å²) in [5.41, 5.74) is 7.44. The van der Waals surface area contributed by atoms with Crippen LogP contribution in [0.25, 0.3) is 0 Å². The van der Waals surface area contributed by atoms with Crippen LogP contribution in [0.4, 0.5) is 0 Å². The molecule has 2 aliphatic rings. The third-order valence-corrected chi connectivity index (χ3v) is 5.03. The molecule has 1 heterocycles. The summed E-state index contributed by atoms with van der Waals surface area (Å²) in [5, 5.41) is 0. The molecule has 2 rings (SSSR count). The highest BCUT2D eigenvalue weighted by molar-refractivity contribution is 5.04. The molecule has 0 radical (unpaired) electrons. The van der Waals surface area contributed by atoms with Gasteiger partial charge in [0.2, 0.25) is 0 Å². The molecule has 1 aliphatic carbocycles. The molecule has 0 aromatic rings. The maximum Gasteiger partial charge on any atom is 0.0337 e. The third-order valence-electron chi connectivity index (χ3n) is 5.03. The molecule has 2 heteroatoms. The second kappa shape index (κ2) is 4.24. The van der Waals surface area contributed by atoms with Gasteiger partial charge in [-0.1, -0.05) is 27.7 Å². The first-order valence-electron chi connectivity index (χ1n) is 7.24. The Hall–Kier alpha value is -0.0800. The zero-order valence-electron chi connectivity index (χ0n) is 12.2. The topological polar surface area (TPSA) is 29.3 Å². The molecule has 2 nitrogen and oxygen atoms in total. The Morgan fingerprint density at radius 3 is 2.18 bits per heavy atom. The van der Waals surface area contributed by atoms with Crippen molar-refractivity contribution in [2.45, 2.75) is 65.3 Å². The third kappa shape index (κ3) is 2.68. The molecule has 0 aromatic carbocycles. The summed E-state index contributed by atoms with van der Waals surface area (Å²) < 4.78 is 0. The Bertz CT molecular complexity index is 283. The number of hydrogen-bond donors (Lipinski definition) is 1. The highest BCUT2D eigenvalue weighted by atomic mass is 15.2. The van der Waals surface area contributed by atoms with Crippen molar-refractivity contribution in [3.05, 3.63) is 0 Å². The minimum Gasteiger partial charge on any atom is -0.329 e. The highest BCUT2D eigenvalue weighted by Crippen LogP contribution is 2.48. The monoisotopic (exact) mass is 238 g/mol. The largest absolute Gasteiger partial charge is 0.329 e. The van der Waals surface area contributed by atoms with Crippen LogP contribution in [-0.4, -0.2) is 30.1 Å². The van der Waals surface area contributed by atoms with Gasteiger partial charge in [0.05, 0.1) is 0 Å². The number of rotatable bonds is 2. The van der Waals surface area contributed by atoms with Gasteiger partial charge < -0.3 is 5.73 Å². The zero-order chi connectivity index (χ0) is 12.7. The lowest BCUT2D eigenvalue weighted by Crippen LogP contribution is -2.57. The Balaban J connectivity index is 2.14. The van der Waals surface area contributed by atoms with Crippen molar-refractivity contribution in [3.63, 3.8) is 0 Å². The van der Waals surface area contributed by atoms with Gasteiger partial charge in [-0.2, -0.15) is 0 Å². The maximum atomic E-state index is 6.17. The molecule has 1 atom stereocenters. The van der Waals surface area contributed by atoms with Crippen molar-refractivity contribution in [2.75, 3.05) is 19.6 Å². The molecule has 17 heavy (non-hydrogen) atoms. The van der Waals surface area contributed by atoms with Crippen LogP contribution in [0.15, 0.2) is 0 Å². The van der Waals surface area contributed by atoms with Gasteiger partial charge in [-0.3, -0.25) is 4.90 Å². The molecule has 0 aromatic heterocycles. The van der Waals surface area contributed by atoms with Crippen molar-refractivity contribution in [1.82, 2.24) is 4.90 Å². The number of nitrogens with two attached hydrogens (primary N) is 1. The summed E-state index contributed by atoms with van der Waals surface area (Å²) in [6, 6.07) is 0. The fourth-order valence-corrected chi connectivity index (χ4v) is 4.04. The molecule has 1 saturated heterocycles. The molecule has 0 spiro atoms. The summed E-state index contributed by atoms with van der Waals surface area (Å²) in [7, 11) is 0. The lowest BCUT2D eigenvalue weighted by atomic mass is 9.79. The van der Waals surface area contributed by atoms with Crippen LogP contribution < -0.4 is 5.73 Å². The Labute approximate surface area is 107 Å². The first-order chi connectivity index (χ1) is 7.79. The van der Waals surface area contributed by atoms with Crippen molar-refractivity contribution in [3.8, 4) is 0 Å². The molecule has 2 fully saturated rings. The van der Waals surface area contributed by atoms with E-state index in [4.69, 9.17) is 5.73 Å². The van der Waals surface area contributed by atoms with Crippen molar-refractivity contribution < 1.29 is 0 Å². The molecule has 0 bridgehead atoms. The van der Waals surface area contributed by atoms with E-state index < -0.39 is 0 Å². The minimum absolute atomic E-state index is 0.307. The second-order valence-electron chi connectivity index (χ2n) is 7.96. The van der Waals surface area contributed by atoms with E-state index in [-0.39, 0.29) is 0 Å². The van der Waals surface area contributed by atoms with Crippen LogP contribution in [0.2, 0.25) is 0 Å². The first kappa shape index (κ1) is 13.4. The highest BCUT2D eigenvalue weighted by Gasteiger charge is 2.47. The molecule has 1 saturated carbocycles. The average molecular weight is 238 g/mol. The fraction of sp³-hybridized carbons (Fsp3) is 1.00. The van der Waals surface area contributed by atoms with E-state index in [0.29, 0.717) is 16.4 Å². The maximum absolute atomic E-state index is 6.17. The van der Waals surface area contributed by atoms with E-state index in [1.807, 2.05) is 0 Å². The molecule has 1 aliphatic heterocycles. The van der Waals surface area contributed by atoms with Crippen molar-refractivity contribution >= 4 is 0 Å². The normalized spacial score (nSPS) is 37.2. The molecule has 2 N–H and O–H groups in total. The summed E-state index contributed by atoms with van der Waals surface area (Å²) >= 11 is 0. The Kier molecular flexibility index (Phi) is 3.33. The Morgan fingerprint density at radius 2 is 1.71 bits per heavy atom. The van der Waals surface area contributed by atoms with E-state index in [2.05, 4.69) is 32.6 Å². The van der Waals surface area contributed by atoms with E-state index in [0.717, 1.165) is 6.54 Å². The summed E-state index contributed by atoms with van der Waals surface area (Å²) in [4.78, 5) is 2.73. The predicted molar refractivity (Wildman–Crippen MR) is 74.0 cm³/mol. The first-order valence-corrected chi connectivity index (χ1v) is 7.24. The van der Waals surface area contributed by atoms with Gasteiger partial charge in [-0.25, -0.2) is 0 Å². The Morgan fingerprint density at radius 1 is 1.00 bits per heavy atom. The summed E-state index contributed by atoms with van der Waals surface area (Å²) in [5.74, 6) is 0. The summed E-state index contributed by atoms with van der Waals surface area (Å²) in [6.45, 7) is 13.0. The number of piperidine rings is 1. The van der Waals surface area contributed by atoms with Crippen molar-refractivity contribution in [1.29, 1.82) is 0 Å². The number of hydrogen-bond acceptors (Lipinski definition) is 2. The van der Waals surface area contributed by atoms with Crippen LogP contribution in [0.1, 0.15) is 59.8 Å². The number of nitrogens with zero attached hydrogens (tertiary/aromatic N) is 1. The van der Waals surface area contributed by atoms with Crippen LogP contribution >= 0.6 is 0 Å². The van der Waals surface area contributed by atoms with Crippen LogP contribution in [-0.2, 0) is 0 Å².